The molecule has 1 fully saturated rings. The van der Waals surface area contributed by atoms with Crippen LogP contribution in [0.4, 0.5) is 0 Å². The third kappa shape index (κ3) is 4.21. The van der Waals surface area contributed by atoms with Crippen LogP contribution in [0.25, 0.3) is 0 Å². The second-order valence-corrected chi connectivity index (χ2v) is 6.95. The second-order valence-electron chi connectivity index (χ2n) is 6.95. The average Bonchev–Trinajstić information content (AvgIpc) is 2.41. The van der Waals surface area contributed by atoms with Gasteiger partial charge in [0.2, 0.25) is 11.8 Å². The Morgan fingerprint density at radius 1 is 1.14 bits per heavy atom. The minimum atomic E-state index is -0.369. The van der Waals surface area contributed by atoms with Gasteiger partial charge in [-0.25, -0.2) is 0 Å². The quantitative estimate of drug-likeness (QED) is 0.785. The third-order valence-electron chi connectivity index (χ3n) is 4.59. The van der Waals surface area contributed by atoms with Crippen molar-refractivity contribution in [1.82, 2.24) is 10.2 Å². The van der Waals surface area contributed by atoms with Gasteiger partial charge in [0.05, 0.1) is 0 Å². The van der Waals surface area contributed by atoms with Gasteiger partial charge in [-0.1, -0.05) is 54.4 Å². The Morgan fingerprint density at radius 3 is 2.24 bits per heavy atom. The highest BCUT2D eigenvalue weighted by molar-refractivity contribution is 5.97. The van der Waals surface area contributed by atoms with Gasteiger partial charge >= 0.3 is 0 Å². The van der Waals surface area contributed by atoms with Crippen LogP contribution in [0.15, 0.2) is 0 Å². The summed E-state index contributed by atoms with van der Waals surface area (Å²) in [5.41, 5.74) is 0. The molecule has 1 N–H and O–H groups in total. The predicted octanol–water partition coefficient (Wildman–Crippen LogP) is 2.82. The number of hydrogen-bond acceptors (Lipinski definition) is 2. The lowest BCUT2D eigenvalue weighted by Crippen LogP contribution is -2.66. The molecule has 4 heteroatoms. The molecule has 122 valence electrons. The molecule has 21 heavy (non-hydrogen) atoms. The SMILES string of the molecule is CCCC(C)CN1C(=O)C(C(C)C)NC(=O)C1C(C)CC. The summed E-state index contributed by atoms with van der Waals surface area (Å²) >= 11 is 0. The van der Waals surface area contributed by atoms with Crippen molar-refractivity contribution in [2.45, 2.75) is 72.9 Å². The molecule has 4 nitrogen and oxygen atoms in total. The fraction of sp³-hybridized carbons (Fsp3) is 0.882. The largest absolute Gasteiger partial charge is 0.342 e. The highest BCUT2D eigenvalue weighted by Gasteiger charge is 2.43. The Kier molecular flexibility index (Phi) is 6.69. The Balaban J connectivity index is 3.00. The number of carbonyl (C=O) groups excluding carboxylic acids is 2. The Morgan fingerprint density at radius 2 is 1.76 bits per heavy atom. The molecule has 1 aliphatic heterocycles. The second kappa shape index (κ2) is 7.81. The fourth-order valence-corrected chi connectivity index (χ4v) is 3.12. The lowest BCUT2D eigenvalue weighted by atomic mass is 9.89. The number of nitrogens with zero attached hydrogens (tertiary/aromatic N) is 1. The molecule has 0 aromatic heterocycles. The van der Waals surface area contributed by atoms with Gasteiger partial charge < -0.3 is 10.2 Å². The normalized spacial score (nSPS) is 26.0. The van der Waals surface area contributed by atoms with Crippen LogP contribution in [-0.2, 0) is 9.59 Å². The van der Waals surface area contributed by atoms with Crippen molar-refractivity contribution in [3.63, 3.8) is 0 Å². The van der Waals surface area contributed by atoms with Gasteiger partial charge in [0.15, 0.2) is 0 Å². The average molecular weight is 296 g/mol. The summed E-state index contributed by atoms with van der Waals surface area (Å²) in [4.78, 5) is 27.2. The zero-order chi connectivity index (χ0) is 16.2. The molecule has 1 rings (SSSR count). The molecule has 1 saturated heterocycles. The zero-order valence-corrected chi connectivity index (χ0v) is 14.5. The summed E-state index contributed by atoms with van der Waals surface area (Å²) < 4.78 is 0. The Bertz CT molecular complexity index is 368. The van der Waals surface area contributed by atoms with Crippen molar-refractivity contribution in [2.24, 2.45) is 17.8 Å². The van der Waals surface area contributed by atoms with Crippen molar-refractivity contribution in [1.29, 1.82) is 0 Å². The van der Waals surface area contributed by atoms with E-state index in [0.717, 1.165) is 19.3 Å². The maximum Gasteiger partial charge on any atom is 0.246 e. The summed E-state index contributed by atoms with van der Waals surface area (Å²) in [5, 5.41) is 2.94. The van der Waals surface area contributed by atoms with Gasteiger partial charge in [-0.15, -0.1) is 0 Å². The first-order valence-corrected chi connectivity index (χ1v) is 8.44. The fourth-order valence-electron chi connectivity index (χ4n) is 3.12. The standard InChI is InChI=1S/C17H32N2O2/c1-7-9-12(5)10-19-15(13(6)8-2)16(20)18-14(11(3)4)17(19)21/h11-15H,7-10H2,1-6H3,(H,18,20). The van der Waals surface area contributed by atoms with Gasteiger partial charge in [0, 0.05) is 6.54 Å². The predicted molar refractivity (Wildman–Crippen MR) is 85.8 cm³/mol. The van der Waals surface area contributed by atoms with E-state index in [1.54, 1.807) is 0 Å². The maximum atomic E-state index is 12.8. The molecule has 4 unspecified atom stereocenters. The summed E-state index contributed by atoms with van der Waals surface area (Å²) in [6.45, 7) is 13.1. The van der Waals surface area contributed by atoms with Crippen LogP contribution in [0.2, 0.25) is 0 Å². The van der Waals surface area contributed by atoms with E-state index in [1.165, 1.54) is 0 Å². The third-order valence-corrected chi connectivity index (χ3v) is 4.59. The van der Waals surface area contributed by atoms with E-state index in [1.807, 2.05) is 18.7 Å². The number of piperazine rings is 1. The molecule has 0 bridgehead atoms. The minimum absolute atomic E-state index is 0.0198. The summed E-state index contributed by atoms with van der Waals surface area (Å²) in [5.74, 6) is 0.868. The monoisotopic (exact) mass is 296 g/mol. The van der Waals surface area contributed by atoms with Crippen LogP contribution in [0, 0.1) is 17.8 Å². The molecule has 2 amide bonds. The van der Waals surface area contributed by atoms with Crippen molar-refractivity contribution < 1.29 is 9.59 Å². The van der Waals surface area contributed by atoms with Gasteiger partial charge in [0.25, 0.3) is 0 Å². The molecule has 0 saturated carbocycles. The van der Waals surface area contributed by atoms with Gasteiger partial charge in [-0.05, 0) is 24.2 Å². The topological polar surface area (TPSA) is 49.4 Å². The molecule has 0 aromatic carbocycles. The highest BCUT2D eigenvalue weighted by atomic mass is 16.2. The Hall–Kier alpha value is -1.06. The first kappa shape index (κ1) is 18.0. The van der Waals surface area contributed by atoms with Gasteiger partial charge in [0.1, 0.15) is 12.1 Å². The zero-order valence-electron chi connectivity index (χ0n) is 14.5. The van der Waals surface area contributed by atoms with Crippen molar-refractivity contribution in [2.75, 3.05) is 6.54 Å². The lowest BCUT2D eigenvalue weighted by Gasteiger charge is -2.43. The van der Waals surface area contributed by atoms with Crippen LogP contribution < -0.4 is 5.32 Å². The molecule has 0 aromatic rings. The first-order valence-electron chi connectivity index (χ1n) is 8.44. The van der Waals surface area contributed by atoms with Crippen LogP contribution in [0.5, 0.6) is 0 Å². The van der Waals surface area contributed by atoms with Gasteiger partial charge in [-0.2, -0.15) is 0 Å². The van der Waals surface area contributed by atoms with Crippen molar-refractivity contribution >= 4 is 11.8 Å². The van der Waals surface area contributed by atoms with Crippen molar-refractivity contribution in [3.05, 3.63) is 0 Å². The van der Waals surface area contributed by atoms with E-state index in [9.17, 15) is 9.59 Å². The molecule has 1 aliphatic rings. The van der Waals surface area contributed by atoms with Crippen molar-refractivity contribution in [3.8, 4) is 0 Å². The van der Waals surface area contributed by atoms with E-state index in [-0.39, 0.29) is 35.7 Å². The van der Waals surface area contributed by atoms with E-state index >= 15 is 0 Å². The lowest BCUT2D eigenvalue weighted by molar-refractivity contribution is -0.153. The molecular weight excluding hydrogens is 264 g/mol. The number of carbonyl (C=O) groups is 2. The maximum absolute atomic E-state index is 12.8. The Labute approximate surface area is 129 Å². The van der Waals surface area contributed by atoms with E-state index in [2.05, 4.69) is 33.0 Å². The number of amides is 2. The molecule has 0 spiro atoms. The summed E-state index contributed by atoms with van der Waals surface area (Å²) in [7, 11) is 0. The first-order chi connectivity index (χ1) is 9.83. The van der Waals surface area contributed by atoms with E-state index in [0.29, 0.717) is 12.5 Å². The molecule has 0 aliphatic carbocycles. The molecule has 0 radical (unpaired) electrons. The summed E-state index contributed by atoms with van der Waals surface area (Å²) in [6.07, 6.45) is 3.10. The number of hydrogen-bond donors (Lipinski definition) is 1. The smallest absolute Gasteiger partial charge is 0.246 e. The van der Waals surface area contributed by atoms with E-state index < -0.39 is 0 Å². The highest BCUT2D eigenvalue weighted by Crippen LogP contribution is 2.24. The summed E-state index contributed by atoms with van der Waals surface area (Å²) in [6, 6.07) is -0.677. The van der Waals surface area contributed by atoms with E-state index in [4.69, 9.17) is 0 Å². The van der Waals surface area contributed by atoms with Crippen LogP contribution in [-0.4, -0.2) is 35.3 Å². The molecule has 1 heterocycles. The van der Waals surface area contributed by atoms with Gasteiger partial charge in [-0.3, -0.25) is 9.59 Å². The van der Waals surface area contributed by atoms with Crippen LogP contribution in [0.1, 0.15) is 60.8 Å². The molecule has 4 atom stereocenters. The number of nitrogens with one attached hydrogen (secondary N) is 1. The molecular formula is C17H32N2O2. The van der Waals surface area contributed by atoms with Crippen LogP contribution in [0.3, 0.4) is 0 Å². The minimum Gasteiger partial charge on any atom is -0.342 e. The van der Waals surface area contributed by atoms with Crippen LogP contribution >= 0.6 is 0 Å². The number of rotatable bonds is 7.